The summed E-state index contributed by atoms with van der Waals surface area (Å²) in [5.41, 5.74) is 6.63. The van der Waals surface area contributed by atoms with Gasteiger partial charge in [0.25, 0.3) is 5.91 Å². The molecule has 0 aliphatic carbocycles. The zero-order valence-electron chi connectivity index (χ0n) is 11.0. The van der Waals surface area contributed by atoms with Crippen LogP contribution in [0.5, 0.6) is 0 Å². The number of rotatable bonds is 2. The number of amides is 1. The fourth-order valence-electron chi connectivity index (χ4n) is 2.59. The van der Waals surface area contributed by atoms with E-state index in [-0.39, 0.29) is 11.9 Å². The van der Waals surface area contributed by atoms with E-state index in [1.54, 1.807) is 12.1 Å². The van der Waals surface area contributed by atoms with E-state index >= 15 is 0 Å². The smallest absolute Gasteiger partial charge is 0.272 e. The van der Waals surface area contributed by atoms with Crippen LogP contribution in [0.15, 0.2) is 18.3 Å². The molecule has 2 unspecified atom stereocenters. The molecule has 0 saturated carbocycles. The third-order valence-corrected chi connectivity index (χ3v) is 3.73. The Balaban J connectivity index is 2.19. The van der Waals surface area contributed by atoms with E-state index in [1.807, 2.05) is 11.0 Å². The number of aromatic nitrogens is 1. The first kappa shape index (κ1) is 13.5. The van der Waals surface area contributed by atoms with Crippen LogP contribution < -0.4 is 5.73 Å². The van der Waals surface area contributed by atoms with E-state index in [0.717, 1.165) is 19.4 Å². The molecule has 1 saturated heterocycles. The molecule has 5 heteroatoms. The number of nitrogens with zero attached hydrogens (tertiary/aromatic N) is 3. The molecular formula is C14H18N4O. The highest BCUT2D eigenvalue weighted by atomic mass is 16.2. The van der Waals surface area contributed by atoms with E-state index in [0.29, 0.717) is 23.7 Å². The number of carbonyl (C=O) groups excluding carboxylic acids is 1. The minimum atomic E-state index is -0.0912. The molecule has 100 valence electrons. The minimum Gasteiger partial charge on any atom is -0.333 e. The molecule has 0 radical (unpaired) electrons. The monoisotopic (exact) mass is 258 g/mol. The quantitative estimate of drug-likeness (QED) is 0.862. The first-order valence-corrected chi connectivity index (χ1v) is 6.54. The third kappa shape index (κ3) is 2.74. The van der Waals surface area contributed by atoms with Crippen LogP contribution in [0, 0.1) is 17.2 Å². The summed E-state index contributed by atoms with van der Waals surface area (Å²) < 4.78 is 0. The lowest BCUT2D eigenvalue weighted by Crippen LogP contribution is -2.51. The van der Waals surface area contributed by atoms with E-state index in [1.165, 1.54) is 6.20 Å². The van der Waals surface area contributed by atoms with Crippen molar-refractivity contribution in [1.29, 1.82) is 5.26 Å². The molecule has 2 heterocycles. The van der Waals surface area contributed by atoms with Crippen molar-refractivity contribution in [3.8, 4) is 6.07 Å². The maximum absolute atomic E-state index is 12.4. The van der Waals surface area contributed by atoms with Gasteiger partial charge in [0.2, 0.25) is 0 Å². The van der Waals surface area contributed by atoms with Gasteiger partial charge in [-0.25, -0.2) is 4.98 Å². The number of nitriles is 1. The Labute approximate surface area is 113 Å². The van der Waals surface area contributed by atoms with Crippen molar-refractivity contribution in [2.24, 2.45) is 11.7 Å². The minimum absolute atomic E-state index is 0.0821. The molecule has 1 amide bonds. The third-order valence-electron chi connectivity index (χ3n) is 3.73. The van der Waals surface area contributed by atoms with Crippen LogP contribution >= 0.6 is 0 Å². The Bertz CT molecular complexity index is 491. The molecule has 0 bridgehead atoms. The van der Waals surface area contributed by atoms with Crippen LogP contribution in [0.2, 0.25) is 0 Å². The van der Waals surface area contributed by atoms with Crippen molar-refractivity contribution >= 4 is 5.91 Å². The lowest BCUT2D eigenvalue weighted by Gasteiger charge is -2.39. The van der Waals surface area contributed by atoms with Gasteiger partial charge in [0, 0.05) is 25.3 Å². The number of carbonyl (C=O) groups is 1. The van der Waals surface area contributed by atoms with Crippen LogP contribution in [0.25, 0.3) is 0 Å². The molecule has 19 heavy (non-hydrogen) atoms. The molecule has 2 rings (SSSR count). The SMILES string of the molecule is CC1CCCN(C(=O)c2ccc(C#N)cn2)C1CN. The van der Waals surface area contributed by atoms with Gasteiger partial charge in [0.15, 0.2) is 0 Å². The zero-order valence-corrected chi connectivity index (χ0v) is 11.0. The van der Waals surface area contributed by atoms with Gasteiger partial charge in [0.05, 0.1) is 5.56 Å². The van der Waals surface area contributed by atoms with Crippen molar-refractivity contribution in [1.82, 2.24) is 9.88 Å². The van der Waals surface area contributed by atoms with Gasteiger partial charge >= 0.3 is 0 Å². The number of pyridine rings is 1. The molecule has 2 atom stereocenters. The van der Waals surface area contributed by atoms with Crippen molar-refractivity contribution in [3.63, 3.8) is 0 Å². The van der Waals surface area contributed by atoms with Crippen LogP contribution in [-0.4, -0.2) is 34.9 Å². The van der Waals surface area contributed by atoms with Gasteiger partial charge in [0.1, 0.15) is 11.8 Å². The highest BCUT2D eigenvalue weighted by Crippen LogP contribution is 2.23. The lowest BCUT2D eigenvalue weighted by molar-refractivity contribution is 0.0526. The summed E-state index contributed by atoms with van der Waals surface area (Å²) in [4.78, 5) is 18.3. The van der Waals surface area contributed by atoms with Crippen LogP contribution in [0.4, 0.5) is 0 Å². The molecule has 2 N–H and O–H groups in total. The molecule has 1 aliphatic rings. The highest BCUT2D eigenvalue weighted by Gasteiger charge is 2.31. The van der Waals surface area contributed by atoms with Gasteiger partial charge in [-0.2, -0.15) is 5.26 Å². The Morgan fingerprint density at radius 2 is 2.42 bits per heavy atom. The maximum atomic E-state index is 12.4. The molecule has 0 aromatic carbocycles. The average Bonchev–Trinajstić information content (AvgIpc) is 2.46. The highest BCUT2D eigenvalue weighted by molar-refractivity contribution is 5.92. The standard InChI is InChI=1S/C14H18N4O/c1-10-3-2-6-18(13(10)8-16)14(19)12-5-4-11(7-15)9-17-12/h4-5,9-10,13H,2-3,6,8,16H2,1H3. The van der Waals surface area contributed by atoms with Gasteiger partial charge < -0.3 is 10.6 Å². The lowest BCUT2D eigenvalue weighted by atomic mass is 9.90. The fraction of sp³-hybridized carbons (Fsp3) is 0.500. The first-order valence-electron chi connectivity index (χ1n) is 6.54. The van der Waals surface area contributed by atoms with Gasteiger partial charge in [-0.05, 0) is 30.9 Å². The zero-order chi connectivity index (χ0) is 13.8. The first-order chi connectivity index (χ1) is 9.17. The molecule has 1 fully saturated rings. The molecule has 0 spiro atoms. The Kier molecular flexibility index (Phi) is 4.13. The second kappa shape index (κ2) is 5.81. The number of hydrogen-bond donors (Lipinski definition) is 1. The molecule has 1 aromatic heterocycles. The molecule has 5 nitrogen and oxygen atoms in total. The predicted molar refractivity (Wildman–Crippen MR) is 71.2 cm³/mol. The molecular weight excluding hydrogens is 240 g/mol. The fourth-order valence-corrected chi connectivity index (χ4v) is 2.59. The maximum Gasteiger partial charge on any atom is 0.272 e. The number of nitrogens with two attached hydrogens (primary N) is 1. The second-order valence-corrected chi connectivity index (χ2v) is 4.97. The van der Waals surface area contributed by atoms with Crippen molar-refractivity contribution in [2.75, 3.05) is 13.1 Å². The topological polar surface area (TPSA) is 83.0 Å². The average molecular weight is 258 g/mol. The molecule has 1 aliphatic heterocycles. The van der Waals surface area contributed by atoms with Crippen molar-refractivity contribution < 1.29 is 4.79 Å². The van der Waals surface area contributed by atoms with E-state index in [2.05, 4.69) is 11.9 Å². The Morgan fingerprint density at radius 3 is 3.00 bits per heavy atom. The van der Waals surface area contributed by atoms with E-state index in [4.69, 9.17) is 11.0 Å². The van der Waals surface area contributed by atoms with Crippen LogP contribution in [0.1, 0.15) is 35.8 Å². The van der Waals surface area contributed by atoms with Crippen LogP contribution in [0.3, 0.4) is 0 Å². The summed E-state index contributed by atoms with van der Waals surface area (Å²) >= 11 is 0. The van der Waals surface area contributed by atoms with E-state index < -0.39 is 0 Å². The molecule has 1 aromatic rings. The summed E-state index contributed by atoms with van der Waals surface area (Å²) in [5.74, 6) is 0.326. The summed E-state index contributed by atoms with van der Waals surface area (Å²) in [7, 11) is 0. The number of likely N-dealkylation sites (tertiary alicyclic amines) is 1. The number of hydrogen-bond acceptors (Lipinski definition) is 4. The largest absolute Gasteiger partial charge is 0.333 e. The van der Waals surface area contributed by atoms with Gasteiger partial charge in [-0.1, -0.05) is 6.92 Å². The number of piperidine rings is 1. The van der Waals surface area contributed by atoms with E-state index in [9.17, 15) is 4.79 Å². The summed E-state index contributed by atoms with van der Waals surface area (Å²) in [6, 6.07) is 5.30. The Morgan fingerprint density at radius 1 is 1.63 bits per heavy atom. The second-order valence-electron chi connectivity index (χ2n) is 4.97. The van der Waals surface area contributed by atoms with Crippen molar-refractivity contribution in [3.05, 3.63) is 29.6 Å². The summed E-state index contributed by atoms with van der Waals surface area (Å²) in [6.45, 7) is 3.33. The summed E-state index contributed by atoms with van der Waals surface area (Å²) in [6.07, 6.45) is 3.53. The predicted octanol–water partition coefficient (Wildman–Crippen LogP) is 1.15. The summed E-state index contributed by atoms with van der Waals surface area (Å²) in [5, 5.41) is 8.73. The van der Waals surface area contributed by atoms with Gasteiger partial charge in [-0.15, -0.1) is 0 Å². The Hall–Kier alpha value is -1.93. The van der Waals surface area contributed by atoms with Gasteiger partial charge in [-0.3, -0.25) is 4.79 Å². The van der Waals surface area contributed by atoms with Crippen molar-refractivity contribution in [2.45, 2.75) is 25.8 Å². The normalized spacial score (nSPS) is 22.9. The van der Waals surface area contributed by atoms with Crippen LogP contribution in [-0.2, 0) is 0 Å².